The van der Waals surface area contributed by atoms with Crippen LogP contribution >= 0.6 is 0 Å². The molecule has 0 radical (unpaired) electrons. The van der Waals surface area contributed by atoms with Crippen molar-refractivity contribution in [3.05, 3.63) is 0 Å². The topological polar surface area (TPSA) is 32.3 Å². The van der Waals surface area contributed by atoms with Gasteiger partial charge in [-0.1, -0.05) is 26.7 Å². The van der Waals surface area contributed by atoms with Crippen LogP contribution in [0.1, 0.15) is 46.0 Å². The fourth-order valence-corrected chi connectivity index (χ4v) is 1.53. The molecule has 0 bridgehead atoms. The second kappa shape index (κ2) is 4.97. The highest BCUT2D eigenvalue weighted by Crippen LogP contribution is 2.31. The Kier molecular flexibility index (Phi) is 4.20. The summed E-state index contributed by atoms with van der Waals surface area (Å²) in [6, 6.07) is 0. The molecule has 1 aliphatic rings. The SMILES string of the molecule is CCC(O)(CC)CNCCC1CC1. The van der Waals surface area contributed by atoms with Gasteiger partial charge < -0.3 is 10.4 Å². The Bertz CT molecular complexity index is 139. The molecule has 13 heavy (non-hydrogen) atoms. The van der Waals surface area contributed by atoms with E-state index in [0.717, 1.165) is 31.8 Å². The van der Waals surface area contributed by atoms with Gasteiger partial charge in [-0.25, -0.2) is 0 Å². The van der Waals surface area contributed by atoms with Crippen LogP contribution in [0.25, 0.3) is 0 Å². The first kappa shape index (κ1) is 11.0. The van der Waals surface area contributed by atoms with Crippen LogP contribution in [0.2, 0.25) is 0 Å². The normalized spacial score (nSPS) is 17.8. The van der Waals surface area contributed by atoms with Crippen LogP contribution in [-0.2, 0) is 0 Å². The molecule has 1 fully saturated rings. The molecule has 1 aliphatic carbocycles. The van der Waals surface area contributed by atoms with Crippen molar-refractivity contribution in [2.24, 2.45) is 5.92 Å². The predicted octanol–water partition coefficient (Wildman–Crippen LogP) is 1.93. The second-order valence-corrected chi connectivity index (χ2v) is 4.34. The van der Waals surface area contributed by atoms with Crippen molar-refractivity contribution in [2.75, 3.05) is 13.1 Å². The molecular weight excluding hydrogens is 162 g/mol. The molecule has 0 atom stereocenters. The van der Waals surface area contributed by atoms with Gasteiger partial charge in [0.2, 0.25) is 0 Å². The summed E-state index contributed by atoms with van der Waals surface area (Å²) in [7, 11) is 0. The van der Waals surface area contributed by atoms with E-state index < -0.39 is 5.60 Å². The van der Waals surface area contributed by atoms with Crippen LogP contribution in [0.3, 0.4) is 0 Å². The largest absolute Gasteiger partial charge is 0.389 e. The van der Waals surface area contributed by atoms with Crippen LogP contribution in [0.4, 0.5) is 0 Å². The van der Waals surface area contributed by atoms with Crippen molar-refractivity contribution >= 4 is 0 Å². The van der Waals surface area contributed by atoms with Crippen molar-refractivity contribution in [1.82, 2.24) is 5.32 Å². The van der Waals surface area contributed by atoms with E-state index in [1.54, 1.807) is 0 Å². The zero-order valence-corrected chi connectivity index (χ0v) is 8.97. The summed E-state index contributed by atoms with van der Waals surface area (Å²) in [4.78, 5) is 0. The van der Waals surface area contributed by atoms with E-state index in [2.05, 4.69) is 5.32 Å². The van der Waals surface area contributed by atoms with Gasteiger partial charge in [0.05, 0.1) is 5.60 Å². The van der Waals surface area contributed by atoms with Gasteiger partial charge in [-0.2, -0.15) is 0 Å². The number of hydrogen-bond acceptors (Lipinski definition) is 2. The molecule has 78 valence electrons. The molecule has 0 aromatic carbocycles. The zero-order chi connectivity index (χ0) is 9.73. The van der Waals surface area contributed by atoms with Crippen molar-refractivity contribution in [3.63, 3.8) is 0 Å². The van der Waals surface area contributed by atoms with Gasteiger partial charge in [0, 0.05) is 6.54 Å². The molecule has 2 heteroatoms. The third-order valence-corrected chi connectivity index (χ3v) is 3.20. The Hall–Kier alpha value is -0.0800. The quantitative estimate of drug-likeness (QED) is 0.594. The average Bonchev–Trinajstić information content (AvgIpc) is 2.96. The van der Waals surface area contributed by atoms with E-state index in [4.69, 9.17) is 0 Å². The van der Waals surface area contributed by atoms with Crippen LogP contribution in [-0.4, -0.2) is 23.8 Å². The molecule has 0 aromatic rings. The summed E-state index contributed by atoms with van der Waals surface area (Å²) >= 11 is 0. The highest BCUT2D eigenvalue weighted by atomic mass is 16.3. The number of nitrogens with one attached hydrogen (secondary N) is 1. The van der Waals surface area contributed by atoms with E-state index in [9.17, 15) is 5.11 Å². The third-order valence-electron chi connectivity index (χ3n) is 3.20. The molecule has 1 saturated carbocycles. The summed E-state index contributed by atoms with van der Waals surface area (Å²) in [5.41, 5.74) is -0.469. The van der Waals surface area contributed by atoms with E-state index >= 15 is 0 Å². The first-order valence-electron chi connectivity index (χ1n) is 5.63. The zero-order valence-electron chi connectivity index (χ0n) is 8.97. The van der Waals surface area contributed by atoms with Crippen LogP contribution in [0.5, 0.6) is 0 Å². The Labute approximate surface area is 81.7 Å². The maximum absolute atomic E-state index is 9.95. The van der Waals surface area contributed by atoms with E-state index in [1.807, 2.05) is 13.8 Å². The average molecular weight is 185 g/mol. The van der Waals surface area contributed by atoms with Crippen LogP contribution < -0.4 is 5.32 Å². The van der Waals surface area contributed by atoms with E-state index in [1.165, 1.54) is 19.3 Å². The van der Waals surface area contributed by atoms with E-state index in [0.29, 0.717) is 0 Å². The summed E-state index contributed by atoms with van der Waals surface area (Å²) in [6.45, 7) is 5.93. The maximum atomic E-state index is 9.95. The first-order valence-corrected chi connectivity index (χ1v) is 5.63. The summed E-state index contributed by atoms with van der Waals surface area (Å²) < 4.78 is 0. The highest BCUT2D eigenvalue weighted by molar-refractivity contribution is 4.79. The van der Waals surface area contributed by atoms with Gasteiger partial charge in [0.1, 0.15) is 0 Å². The summed E-state index contributed by atoms with van der Waals surface area (Å²) in [6.07, 6.45) is 5.84. The van der Waals surface area contributed by atoms with E-state index in [-0.39, 0.29) is 0 Å². The van der Waals surface area contributed by atoms with Crippen molar-refractivity contribution in [3.8, 4) is 0 Å². The molecule has 0 amide bonds. The first-order chi connectivity index (χ1) is 6.20. The molecule has 0 unspecified atom stereocenters. The summed E-state index contributed by atoms with van der Waals surface area (Å²) in [5, 5.41) is 13.3. The fourth-order valence-electron chi connectivity index (χ4n) is 1.53. The molecule has 0 saturated heterocycles. The molecule has 2 N–H and O–H groups in total. The Balaban J connectivity index is 2.01. The van der Waals surface area contributed by atoms with Crippen molar-refractivity contribution < 1.29 is 5.11 Å². The lowest BCUT2D eigenvalue weighted by atomic mass is 9.97. The molecule has 0 spiro atoms. The van der Waals surface area contributed by atoms with Gasteiger partial charge >= 0.3 is 0 Å². The third kappa shape index (κ3) is 4.10. The molecular formula is C11H23NO. The molecule has 0 heterocycles. The minimum atomic E-state index is -0.469. The number of rotatable bonds is 7. The predicted molar refractivity (Wildman–Crippen MR) is 55.7 cm³/mol. The number of aliphatic hydroxyl groups is 1. The highest BCUT2D eigenvalue weighted by Gasteiger charge is 2.23. The maximum Gasteiger partial charge on any atom is 0.0766 e. The van der Waals surface area contributed by atoms with Crippen molar-refractivity contribution in [1.29, 1.82) is 0 Å². The van der Waals surface area contributed by atoms with Crippen LogP contribution in [0.15, 0.2) is 0 Å². The molecule has 0 aromatic heterocycles. The molecule has 0 aliphatic heterocycles. The lowest BCUT2D eigenvalue weighted by molar-refractivity contribution is 0.0326. The second-order valence-electron chi connectivity index (χ2n) is 4.34. The van der Waals surface area contributed by atoms with Gasteiger partial charge in [0.15, 0.2) is 0 Å². The van der Waals surface area contributed by atoms with Crippen molar-refractivity contribution in [2.45, 2.75) is 51.6 Å². The van der Waals surface area contributed by atoms with Crippen LogP contribution in [0, 0.1) is 5.92 Å². The lowest BCUT2D eigenvalue weighted by Gasteiger charge is -2.25. The summed E-state index contributed by atoms with van der Waals surface area (Å²) in [5.74, 6) is 0.990. The Morgan fingerprint density at radius 3 is 2.38 bits per heavy atom. The van der Waals surface area contributed by atoms with Gasteiger partial charge in [-0.3, -0.25) is 0 Å². The number of hydrogen-bond donors (Lipinski definition) is 2. The minimum absolute atomic E-state index is 0.469. The monoisotopic (exact) mass is 185 g/mol. The van der Waals surface area contributed by atoms with Gasteiger partial charge in [-0.05, 0) is 31.7 Å². The minimum Gasteiger partial charge on any atom is -0.389 e. The van der Waals surface area contributed by atoms with Gasteiger partial charge in [-0.15, -0.1) is 0 Å². The Morgan fingerprint density at radius 2 is 1.92 bits per heavy atom. The standard InChI is InChI=1S/C11H23NO/c1-3-11(13,4-2)9-12-8-7-10-5-6-10/h10,12-13H,3-9H2,1-2H3. The fraction of sp³-hybridized carbons (Fsp3) is 1.00. The van der Waals surface area contributed by atoms with Gasteiger partial charge in [0.25, 0.3) is 0 Å². The molecule has 2 nitrogen and oxygen atoms in total. The molecule has 1 rings (SSSR count). The smallest absolute Gasteiger partial charge is 0.0766 e. The Morgan fingerprint density at radius 1 is 1.31 bits per heavy atom. The lowest BCUT2D eigenvalue weighted by Crippen LogP contribution is -2.39.